The Morgan fingerprint density at radius 2 is 1.81 bits per heavy atom. The van der Waals surface area contributed by atoms with Gasteiger partial charge in [0.15, 0.2) is 17.5 Å². The van der Waals surface area contributed by atoms with Crippen molar-refractivity contribution in [2.24, 2.45) is 0 Å². The lowest BCUT2D eigenvalue weighted by Gasteiger charge is -2.14. The molecule has 1 aromatic carbocycles. The van der Waals surface area contributed by atoms with Crippen molar-refractivity contribution in [3.63, 3.8) is 0 Å². The molecule has 0 saturated heterocycles. The molecular formula is C11H14F3NS. The van der Waals surface area contributed by atoms with Crippen molar-refractivity contribution in [3.8, 4) is 0 Å². The Kier molecular flexibility index (Phi) is 5.15. The number of benzene rings is 1. The molecule has 1 rings (SSSR count). The molecule has 0 bridgehead atoms. The van der Waals surface area contributed by atoms with E-state index in [2.05, 4.69) is 5.32 Å². The predicted molar refractivity (Wildman–Crippen MR) is 61.1 cm³/mol. The van der Waals surface area contributed by atoms with Crippen molar-refractivity contribution in [2.45, 2.75) is 13.0 Å². The lowest BCUT2D eigenvalue weighted by atomic mass is 10.1. The fraction of sp³-hybridized carbons (Fsp3) is 0.455. The minimum Gasteiger partial charge on any atom is -0.309 e. The number of hydrogen-bond donors (Lipinski definition) is 1. The number of nitrogens with one attached hydrogen (secondary N) is 1. The van der Waals surface area contributed by atoms with E-state index >= 15 is 0 Å². The molecule has 0 aromatic heterocycles. The lowest BCUT2D eigenvalue weighted by Crippen LogP contribution is -2.21. The Morgan fingerprint density at radius 1 is 1.25 bits per heavy atom. The van der Waals surface area contributed by atoms with Crippen molar-refractivity contribution in [1.29, 1.82) is 0 Å². The van der Waals surface area contributed by atoms with E-state index in [4.69, 9.17) is 0 Å². The second-order valence-corrected chi connectivity index (χ2v) is 4.45. The third-order valence-electron chi connectivity index (χ3n) is 2.26. The van der Waals surface area contributed by atoms with Crippen LogP contribution in [0, 0.1) is 17.5 Å². The predicted octanol–water partition coefficient (Wildman–Crippen LogP) is 3.12. The summed E-state index contributed by atoms with van der Waals surface area (Å²) in [7, 11) is 0. The first-order chi connectivity index (χ1) is 7.56. The molecule has 1 unspecified atom stereocenters. The molecule has 1 nitrogen and oxygen atoms in total. The molecule has 1 atom stereocenters. The zero-order valence-electron chi connectivity index (χ0n) is 9.19. The van der Waals surface area contributed by atoms with Gasteiger partial charge in [0.05, 0.1) is 0 Å². The number of hydrogen-bond acceptors (Lipinski definition) is 2. The summed E-state index contributed by atoms with van der Waals surface area (Å²) in [6, 6.07) is 1.85. The van der Waals surface area contributed by atoms with Crippen LogP contribution in [0.3, 0.4) is 0 Å². The summed E-state index contributed by atoms with van der Waals surface area (Å²) in [6.07, 6.45) is 1.98. The Balaban J connectivity index is 2.72. The summed E-state index contributed by atoms with van der Waals surface area (Å²) in [4.78, 5) is 0. The first-order valence-electron chi connectivity index (χ1n) is 4.93. The average molecular weight is 249 g/mol. The molecule has 1 N–H and O–H groups in total. The van der Waals surface area contributed by atoms with Gasteiger partial charge in [-0.1, -0.05) is 0 Å². The smallest absolute Gasteiger partial charge is 0.194 e. The van der Waals surface area contributed by atoms with Crippen LogP contribution in [-0.4, -0.2) is 18.6 Å². The molecule has 0 spiro atoms. The molecule has 0 aliphatic rings. The SMILES string of the molecule is CSCCNC(C)c1cc(F)c(F)c(F)c1. The van der Waals surface area contributed by atoms with Crippen LogP contribution >= 0.6 is 11.8 Å². The fourth-order valence-corrected chi connectivity index (χ4v) is 1.64. The molecular weight excluding hydrogens is 235 g/mol. The van der Waals surface area contributed by atoms with E-state index < -0.39 is 17.5 Å². The summed E-state index contributed by atoms with van der Waals surface area (Å²) in [5.74, 6) is -2.79. The monoisotopic (exact) mass is 249 g/mol. The second-order valence-electron chi connectivity index (χ2n) is 3.47. The normalized spacial score (nSPS) is 12.8. The molecule has 0 aliphatic heterocycles. The van der Waals surface area contributed by atoms with E-state index in [1.165, 1.54) is 0 Å². The van der Waals surface area contributed by atoms with Crippen LogP contribution in [0.1, 0.15) is 18.5 Å². The maximum absolute atomic E-state index is 12.9. The molecule has 0 saturated carbocycles. The van der Waals surface area contributed by atoms with Crippen LogP contribution in [0.4, 0.5) is 13.2 Å². The molecule has 90 valence electrons. The van der Waals surface area contributed by atoms with Gasteiger partial charge in [0.1, 0.15) is 0 Å². The molecule has 0 aliphatic carbocycles. The zero-order valence-corrected chi connectivity index (χ0v) is 10.0. The van der Waals surface area contributed by atoms with Crippen LogP contribution in [0.2, 0.25) is 0 Å². The van der Waals surface area contributed by atoms with Gasteiger partial charge in [-0.2, -0.15) is 11.8 Å². The summed E-state index contributed by atoms with van der Waals surface area (Å²) < 4.78 is 38.6. The first-order valence-corrected chi connectivity index (χ1v) is 6.32. The van der Waals surface area contributed by atoms with Gasteiger partial charge in [-0.15, -0.1) is 0 Å². The van der Waals surface area contributed by atoms with Gasteiger partial charge in [0.2, 0.25) is 0 Å². The van der Waals surface area contributed by atoms with E-state index in [-0.39, 0.29) is 6.04 Å². The molecule has 0 heterocycles. The Labute approximate surface area is 97.4 Å². The molecule has 1 aromatic rings. The van der Waals surface area contributed by atoms with Gasteiger partial charge in [0, 0.05) is 18.3 Å². The van der Waals surface area contributed by atoms with Crippen molar-refractivity contribution >= 4 is 11.8 Å². The maximum atomic E-state index is 12.9. The first kappa shape index (κ1) is 13.4. The standard InChI is InChI=1S/C11H14F3NS/c1-7(15-3-4-16-2)8-5-9(12)11(14)10(13)6-8/h5-7,15H,3-4H2,1-2H3. The van der Waals surface area contributed by atoms with Crippen LogP contribution < -0.4 is 5.32 Å². The quantitative estimate of drug-likeness (QED) is 0.635. The van der Waals surface area contributed by atoms with Gasteiger partial charge < -0.3 is 5.32 Å². The summed E-state index contributed by atoms with van der Waals surface area (Å²) in [5, 5.41) is 3.10. The third kappa shape index (κ3) is 3.42. The Bertz CT molecular complexity index is 334. The molecule has 16 heavy (non-hydrogen) atoms. The molecule has 0 fully saturated rings. The van der Waals surface area contributed by atoms with Crippen molar-refractivity contribution in [2.75, 3.05) is 18.6 Å². The van der Waals surface area contributed by atoms with Crippen molar-refractivity contribution < 1.29 is 13.2 Å². The lowest BCUT2D eigenvalue weighted by molar-refractivity contribution is 0.441. The highest BCUT2D eigenvalue weighted by Crippen LogP contribution is 2.18. The van der Waals surface area contributed by atoms with Crippen molar-refractivity contribution in [1.82, 2.24) is 5.32 Å². The summed E-state index contributed by atoms with van der Waals surface area (Å²) in [5.41, 5.74) is 0.414. The molecule has 5 heteroatoms. The van der Waals surface area contributed by atoms with Gasteiger partial charge in [0.25, 0.3) is 0 Å². The van der Waals surface area contributed by atoms with Gasteiger partial charge in [-0.3, -0.25) is 0 Å². The zero-order chi connectivity index (χ0) is 12.1. The number of halogens is 3. The fourth-order valence-electron chi connectivity index (χ4n) is 1.32. The Morgan fingerprint density at radius 3 is 2.31 bits per heavy atom. The highest BCUT2D eigenvalue weighted by atomic mass is 32.2. The maximum Gasteiger partial charge on any atom is 0.194 e. The number of rotatable bonds is 5. The topological polar surface area (TPSA) is 12.0 Å². The summed E-state index contributed by atoms with van der Waals surface area (Å²) in [6.45, 7) is 2.52. The van der Waals surface area contributed by atoms with Gasteiger partial charge >= 0.3 is 0 Å². The molecule has 0 radical (unpaired) electrons. The van der Waals surface area contributed by atoms with Gasteiger partial charge in [-0.25, -0.2) is 13.2 Å². The van der Waals surface area contributed by atoms with Crippen LogP contribution in [0.25, 0.3) is 0 Å². The minimum absolute atomic E-state index is 0.197. The largest absolute Gasteiger partial charge is 0.309 e. The van der Waals surface area contributed by atoms with Crippen LogP contribution in [0.15, 0.2) is 12.1 Å². The highest BCUT2D eigenvalue weighted by molar-refractivity contribution is 7.98. The minimum atomic E-state index is -1.42. The highest BCUT2D eigenvalue weighted by Gasteiger charge is 2.13. The van der Waals surface area contributed by atoms with Crippen molar-refractivity contribution in [3.05, 3.63) is 35.1 Å². The van der Waals surface area contributed by atoms with E-state index in [1.54, 1.807) is 18.7 Å². The van der Waals surface area contributed by atoms with Crippen LogP contribution in [-0.2, 0) is 0 Å². The second kappa shape index (κ2) is 6.15. The van der Waals surface area contributed by atoms with E-state index in [1.807, 2.05) is 6.26 Å². The van der Waals surface area contributed by atoms with E-state index in [9.17, 15) is 13.2 Å². The Hall–Kier alpha value is -0.680. The van der Waals surface area contributed by atoms with E-state index in [0.29, 0.717) is 5.56 Å². The third-order valence-corrected chi connectivity index (χ3v) is 2.88. The summed E-state index contributed by atoms with van der Waals surface area (Å²) >= 11 is 1.68. The average Bonchev–Trinajstić information content (AvgIpc) is 2.25. The van der Waals surface area contributed by atoms with Crippen LogP contribution in [0.5, 0.6) is 0 Å². The molecule has 0 amide bonds. The number of thioether (sulfide) groups is 1. The van der Waals surface area contributed by atoms with E-state index in [0.717, 1.165) is 24.4 Å². The van der Waals surface area contributed by atoms with Gasteiger partial charge in [-0.05, 0) is 30.9 Å².